The summed E-state index contributed by atoms with van der Waals surface area (Å²) in [6, 6.07) is 0. The molecule has 0 saturated heterocycles. The molecule has 0 heterocycles. The van der Waals surface area contributed by atoms with Gasteiger partial charge in [0.15, 0.2) is 0 Å². The monoisotopic (exact) mass is 189 g/mol. The molecule has 0 aliphatic rings. The number of nitrogens with zero attached hydrogens (tertiary/aromatic N) is 2. The van der Waals surface area contributed by atoms with Gasteiger partial charge in [0.2, 0.25) is 0 Å². The molecule has 4 heteroatoms. The van der Waals surface area contributed by atoms with E-state index >= 15 is 0 Å². The standard InChI is InChI=1S/C3H4N2S.Y/c1-2-4-5-3-6;/h1H3,(H,5,6);/q-2;. The molecule has 0 unspecified atom stereocenters. The Hall–Kier alpha value is 0.794. The van der Waals surface area contributed by atoms with Crippen molar-refractivity contribution in [1.29, 1.82) is 0 Å². The van der Waals surface area contributed by atoms with E-state index in [1.54, 1.807) is 6.92 Å². The number of hydrogen-bond donors (Lipinski definition) is 1. The molecule has 0 amide bonds. The average molecular weight is 189 g/mol. The molecule has 0 aliphatic heterocycles. The van der Waals surface area contributed by atoms with E-state index in [-0.39, 0.29) is 32.7 Å². The minimum atomic E-state index is 0. The predicted octanol–water partition coefficient (Wildman–Crippen LogP) is 0.702. The van der Waals surface area contributed by atoms with Crippen LogP contribution in [0.4, 0.5) is 0 Å². The normalized spacial score (nSPS) is 10.0. The molecule has 0 N–H and O–H groups in total. The smallest absolute Gasteiger partial charge is 0 e. The van der Waals surface area contributed by atoms with Crippen LogP contribution in [0, 0.1) is 0 Å². The largest absolute Gasteiger partial charge is 0.413 e. The van der Waals surface area contributed by atoms with Crippen LogP contribution in [-0.4, -0.2) is 11.8 Å². The maximum absolute atomic E-state index is 3.50. The van der Waals surface area contributed by atoms with Gasteiger partial charge in [-0.2, -0.15) is 6.92 Å². The van der Waals surface area contributed by atoms with E-state index in [1.807, 2.05) is 0 Å². The van der Waals surface area contributed by atoms with Gasteiger partial charge in [-0.15, -0.1) is 0 Å². The van der Waals surface area contributed by atoms with E-state index < -0.39 is 0 Å². The minimum absolute atomic E-state index is 0. The Morgan fingerprint density at radius 3 is 2.14 bits per heavy atom. The van der Waals surface area contributed by atoms with Gasteiger partial charge >= 0.3 is 0 Å². The fourth-order valence-corrected chi connectivity index (χ4v) is 0.117. The maximum atomic E-state index is 3.50. The van der Waals surface area contributed by atoms with Crippen LogP contribution >= 0.6 is 12.6 Å². The van der Waals surface area contributed by atoms with Gasteiger partial charge in [-0.3, -0.25) is 0 Å². The zero-order chi connectivity index (χ0) is 4.83. The maximum Gasteiger partial charge on any atom is 0 e. The summed E-state index contributed by atoms with van der Waals surface area (Å²) >= 11 is 3.50. The summed E-state index contributed by atoms with van der Waals surface area (Å²) < 4.78 is 0. The molecule has 0 rings (SSSR count). The van der Waals surface area contributed by atoms with Crippen molar-refractivity contribution >= 4 is 24.4 Å². The number of rotatable bonds is 1. The Kier molecular flexibility index (Phi) is 15.2. The predicted molar refractivity (Wildman–Crippen MR) is 29.5 cm³/mol. The Bertz CT molecular complexity index is 61.3. The van der Waals surface area contributed by atoms with E-state index in [0.29, 0.717) is 0 Å². The summed E-state index contributed by atoms with van der Waals surface area (Å²) in [5.41, 5.74) is 2.16. The van der Waals surface area contributed by atoms with Crippen LogP contribution in [0.3, 0.4) is 0 Å². The first-order valence-corrected chi connectivity index (χ1v) is 1.82. The quantitative estimate of drug-likeness (QED) is 0.206. The van der Waals surface area contributed by atoms with Gasteiger partial charge in [0.05, 0.1) is 0 Å². The van der Waals surface area contributed by atoms with E-state index in [9.17, 15) is 0 Å². The molecule has 0 saturated carbocycles. The fraction of sp³-hybridized carbons (Fsp3) is 0.333. The van der Waals surface area contributed by atoms with Gasteiger partial charge in [0.1, 0.15) is 0 Å². The molecule has 0 aromatic carbocycles. The Balaban J connectivity index is 0. The summed E-state index contributed by atoms with van der Waals surface area (Å²) in [4.78, 5) is 0. The second-order valence-electron chi connectivity index (χ2n) is 0.524. The molecule has 0 fully saturated rings. The van der Waals surface area contributed by atoms with Crippen molar-refractivity contribution in [2.75, 3.05) is 0 Å². The molecule has 7 heavy (non-hydrogen) atoms. The zero-order valence-electron chi connectivity index (χ0n) is 3.92. The van der Waals surface area contributed by atoms with Crippen molar-refractivity contribution in [2.24, 2.45) is 10.2 Å². The molecule has 2 nitrogen and oxygen atoms in total. The van der Waals surface area contributed by atoms with Crippen LogP contribution in [0.15, 0.2) is 10.2 Å². The zero-order valence-corrected chi connectivity index (χ0v) is 7.65. The molecule has 0 aromatic heterocycles. The third kappa shape index (κ3) is 10.8. The molecular formula is C3H4N2SY-2. The average Bonchev–Trinajstić information content (AvgIpc) is 1.61. The third-order valence-electron chi connectivity index (χ3n) is 0.195. The van der Waals surface area contributed by atoms with Crippen molar-refractivity contribution in [2.45, 2.75) is 6.92 Å². The molecule has 37 valence electrons. The van der Waals surface area contributed by atoms with Crippen molar-refractivity contribution < 1.29 is 32.7 Å². The summed E-state index contributed by atoms with van der Waals surface area (Å²) in [7, 11) is 0. The first kappa shape index (κ1) is 10.7. The summed E-state index contributed by atoms with van der Waals surface area (Å²) in [5, 5.41) is 6.50. The van der Waals surface area contributed by atoms with Crippen molar-refractivity contribution in [3.05, 3.63) is 0 Å². The molecule has 0 aromatic rings. The van der Waals surface area contributed by atoms with Gasteiger partial charge in [-0.1, -0.05) is 0 Å². The van der Waals surface area contributed by atoms with E-state index in [2.05, 4.69) is 34.6 Å². The summed E-state index contributed by atoms with van der Waals surface area (Å²) in [6.45, 7) is 1.65. The molecule has 0 bridgehead atoms. The van der Waals surface area contributed by atoms with Crippen LogP contribution in [0.2, 0.25) is 0 Å². The second-order valence-corrected chi connectivity index (χ2v) is 0.724. The van der Waals surface area contributed by atoms with Crippen LogP contribution in [-0.2, 0) is 32.7 Å². The van der Waals surface area contributed by atoms with Gasteiger partial charge in [0, 0.05) is 32.7 Å². The van der Waals surface area contributed by atoms with Gasteiger partial charge in [-0.25, -0.2) is 0 Å². The summed E-state index contributed by atoms with van der Waals surface area (Å²) in [5.74, 6) is 0. The molecule has 0 aliphatic carbocycles. The topological polar surface area (TPSA) is 24.7 Å². The van der Waals surface area contributed by atoms with E-state index in [1.165, 1.54) is 0 Å². The Morgan fingerprint density at radius 2 is 2.00 bits per heavy atom. The fourth-order valence-electron chi connectivity index (χ4n) is 0.0724. The first-order valence-electron chi connectivity index (χ1n) is 1.37. The van der Waals surface area contributed by atoms with E-state index in [0.717, 1.165) is 0 Å². The first-order chi connectivity index (χ1) is 2.91. The number of thiol groups is 1. The van der Waals surface area contributed by atoms with Gasteiger partial charge in [-0.05, 0) is 0 Å². The minimum Gasteiger partial charge on any atom is -0.413 e. The molecule has 0 atom stereocenters. The molecular weight excluding hydrogens is 185 g/mol. The van der Waals surface area contributed by atoms with Crippen LogP contribution in [0.25, 0.3) is 0 Å². The van der Waals surface area contributed by atoms with Crippen molar-refractivity contribution in [1.82, 2.24) is 0 Å². The Morgan fingerprint density at radius 1 is 1.43 bits per heavy atom. The van der Waals surface area contributed by atoms with Gasteiger partial charge in [0.25, 0.3) is 0 Å². The van der Waals surface area contributed by atoms with Crippen LogP contribution in [0.1, 0.15) is 6.92 Å². The molecule has 1 radical (unpaired) electrons. The van der Waals surface area contributed by atoms with E-state index in [4.69, 9.17) is 0 Å². The third-order valence-corrected chi connectivity index (χ3v) is 0.284. The van der Waals surface area contributed by atoms with Crippen molar-refractivity contribution in [3.63, 3.8) is 0 Å². The van der Waals surface area contributed by atoms with Gasteiger partial charge < -0.3 is 34.6 Å². The van der Waals surface area contributed by atoms with Crippen LogP contribution in [0.5, 0.6) is 0 Å². The Labute approximate surface area is 73.8 Å². The molecule has 0 spiro atoms. The SMILES string of the molecule is C[C-]=NN=[C-]S.[Y]. The second kappa shape index (κ2) is 9.92. The van der Waals surface area contributed by atoms with Crippen molar-refractivity contribution in [3.8, 4) is 0 Å². The number of hydrogen-bond acceptors (Lipinski definition) is 2. The summed E-state index contributed by atoms with van der Waals surface area (Å²) in [6.07, 6.45) is 2.42. The van der Waals surface area contributed by atoms with Crippen LogP contribution < -0.4 is 0 Å².